The molecule has 0 unspecified atom stereocenters. The molecule has 2 nitrogen and oxygen atoms in total. The second-order valence-electron chi connectivity index (χ2n) is 6.23. The molecule has 1 aliphatic carbocycles. The van der Waals surface area contributed by atoms with Gasteiger partial charge in [-0.3, -0.25) is 0 Å². The Morgan fingerprint density at radius 1 is 1.12 bits per heavy atom. The molecule has 2 rings (SSSR count). The molecule has 1 saturated carbocycles. The molecule has 0 aromatic carbocycles. The second kappa shape index (κ2) is 5.50. The van der Waals surface area contributed by atoms with Gasteiger partial charge in [0.25, 0.3) is 0 Å². The lowest BCUT2D eigenvalue weighted by atomic mass is 9.80. The van der Waals surface area contributed by atoms with Crippen LogP contribution in [0.2, 0.25) is 0 Å². The first-order chi connectivity index (χ1) is 7.72. The highest BCUT2D eigenvalue weighted by atomic mass is 16.5. The second-order valence-corrected chi connectivity index (χ2v) is 6.23. The van der Waals surface area contributed by atoms with Crippen LogP contribution < -0.4 is 5.32 Å². The molecule has 2 aliphatic rings. The van der Waals surface area contributed by atoms with Crippen LogP contribution in [0.15, 0.2) is 0 Å². The number of rotatable bonds is 5. The van der Waals surface area contributed by atoms with E-state index in [9.17, 15) is 0 Å². The maximum Gasteiger partial charge on any atom is 0.0554 e. The average molecular weight is 225 g/mol. The molecule has 0 bridgehead atoms. The maximum atomic E-state index is 5.27. The highest BCUT2D eigenvalue weighted by molar-refractivity contribution is 4.83. The summed E-state index contributed by atoms with van der Waals surface area (Å²) in [6, 6.07) is 0. The lowest BCUT2D eigenvalue weighted by molar-refractivity contribution is -0.0993. The smallest absolute Gasteiger partial charge is 0.0554 e. The van der Waals surface area contributed by atoms with Crippen LogP contribution in [0.25, 0.3) is 0 Å². The number of ether oxygens (including phenoxy) is 1. The Morgan fingerprint density at radius 3 is 2.25 bits per heavy atom. The van der Waals surface area contributed by atoms with E-state index in [1.807, 2.05) is 0 Å². The molecular formula is C14H27NO. The summed E-state index contributed by atoms with van der Waals surface area (Å²) in [5, 5.41) is 3.65. The minimum atomic E-state index is 0.431. The van der Waals surface area contributed by atoms with E-state index in [1.54, 1.807) is 0 Å². The molecule has 0 atom stereocenters. The highest BCUT2D eigenvalue weighted by Crippen LogP contribution is 2.30. The molecule has 0 spiro atoms. The van der Waals surface area contributed by atoms with Crippen molar-refractivity contribution in [1.82, 2.24) is 5.32 Å². The molecule has 0 amide bonds. The molecule has 0 aromatic rings. The summed E-state index contributed by atoms with van der Waals surface area (Å²) in [5.41, 5.74) is 0.431. The molecule has 1 heterocycles. The molecule has 2 heteroatoms. The highest BCUT2D eigenvalue weighted by Gasteiger charge is 2.33. The predicted molar refractivity (Wildman–Crippen MR) is 67.5 cm³/mol. The van der Waals surface area contributed by atoms with Gasteiger partial charge in [-0.15, -0.1) is 0 Å². The number of hydrogen-bond acceptors (Lipinski definition) is 2. The van der Waals surface area contributed by atoms with Crippen molar-refractivity contribution in [2.45, 2.75) is 46.0 Å². The fourth-order valence-corrected chi connectivity index (χ4v) is 2.97. The van der Waals surface area contributed by atoms with E-state index in [0.717, 1.165) is 31.6 Å². The van der Waals surface area contributed by atoms with Crippen LogP contribution in [-0.4, -0.2) is 26.3 Å². The molecule has 1 aliphatic heterocycles. The topological polar surface area (TPSA) is 21.3 Å². The lowest BCUT2D eigenvalue weighted by Gasteiger charge is -2.39. The first-order valence-corrected chi connectivity index (χ1v) is 7.00. The minimum Gasteiger partial charge on any atom is -0.380 e. The third-order valence-electron chi connectivity index (χ3n) is 4.43. The van der Waals surface area contributed by atoms with Crippen LogP contribution in [-0.2, 0) is 4.74 Å². The van der Waals surface area contributed by atoms with E-state index >= 15 is 0 Å². The standard InChI is InChI=1S/C14H27NO/c1-3-12-4-6-13(7-5-12)8-15-9-14(2)10-16-11-14/h12-13,15H,3-11H2,1-2H3. The zero-order valence-corrected chi connectivity index (χ0v) is 10.9. The van der Waals surface area contributed by atoms with Crippen molar-refractivity contribution in [1.29, 1.82) is 0 Å². The minimum absolute atomic E-state index is 0.431. The Morgan fingerprint density at radius 2 is 1.75 bits per heavy atom. The van der Waals surface area contributed by atoms with Crippen LogP contribution >= 0.6 is 0 Å². The quantitative estimate of drug-likeness (QED) is 0.777. The Labute approximate surface area is 100 Å². The monoisotopic (exact) mass is 225 g/mol. The van der Waals surface area contributed by atoms with Gasteiger partial charge in [-0.25, -0.2) is 0 Å². The summed E-state index contributed by atoms with van der Waals surface area (Å²) in [6.07, 6.45) is 7.19. The van der Waals surface area contributed by atoms with Crippen LogP contribution in [0.3, 0.4) is 0 Å². The van der Waals surface area contributed by atoms with Gasteiger partial charge < -0.3 is 10.1 Å². The van der Waals surface area contributed by atoms with E-state index in [0.29, 0.717) is 5.41 Å². The molecule has 1 saturated heterocycles. The van der Waals surface area contributed by atoms with E-state index in [2.05, 4.69) is 19.2 Å². The Kier molecular flexibility index (Phi) is 4.26. The Bertz CT molecular complexity index is 205. The van der Waals surface area contributed by atoms with Gasteiger partial charge in [0.1, 0.15) is 0 Å². The Hall–Kier alpha value is -0.0800. The molecular weight excluding hydrogens is 198 g/mol. The molecule has 94 valence electrons. The molecule has 0 aromatic heterocycles. The number of nitrogens with one attached hydrogen (secondary N) is 1. The lowest BCUT2D eigenvalue weighted by Crippen LogP contribution is -2.48. The normalized spacial score (nSPS) is 33.4. The van der Waals surface area contributed by atoms with Crippen molar-refractivity contribution >= 4 is 0 Å². The summed E-state index contributed by atoms with van der Waals surface area (Å²) in [7, 11) is 0. The van der Waals surface area contributed by atoms with Crippen molar-refractivity contribution in [3.63, 3.8) is 0 Å². The largest absolute Gasteiger partial charge is 0.380 e. The van der Waals surface area contributed by atoms with E-state index in [1.165, 1.54) is 38.6 Å². The van der Waals surface area contributed by atoms with E-state index in [-0.39, 0.29) is 0 Å². The van der Waals surface area contributed by atoms with Crippen LogP contribution in [0, 0.1) is 17.3 Å². The zero-order valence-electron chi connectivity index (χ0n) is 10.9. The summed E-state index contributed by atoms with van der Waals surface area (Å²) >= 11 is 0. The zero-order chi connectivity index (χ0) is 11.4. The van der Waals surface area contributed by atoms with Gasteiger partial charge in [-0.05, 0) is 31.2 Å². The van der Waals surface area contributed by atoms with Gasteiger partial charge in [0.15, 0.2) is 0 Å². The fraction of sp³-hybridized carbons (Fsp3) is 1.00. The molecule has 16 heavy (non-hydrogen) atoms. The van der Waals surface area contributed by atoms with Crippen molar-refractivity contribution in [2.75, 3.05) is 26.3 Å². The third kappa shape index (κ3) is 3.21. The fourth-order valence-electron chi connectivity index (χ4n) is 2.97. The van der Waals surface area contributed by atoms with Crippen LogP contribution in [0.4, 0.5) is 0 Å². The third-order valence-corrected chi connectivity index (χ3v) is 4.43. The first kappa shape index (κ1) is 12.4. The SMILES string of the molecule is CCC1CCC(CNCC2(C)COC2)CC1. The first-order valence-electron chi connectivity index (χ1n) is 7.00. The number of hydrogen-bond donors (Lipinski definition) is 1. The summed E-state index contributed by atoms with van der Waals surface area (Å²) in [4.78, 5) is 0. The van der Waals surface area contributed by atoms with Gasteiger partial charge in [0, 0.05) is 12.0 Å². The van der Waals surface area contributed by atoms with Crippen molar-refractivity contribution in [2.24, 2.45) is 17.3 Å². The van der Waals surface area contributed by atoms with Crippen LogP contribution in [0.1, 0.15) is 46.0 Å². The van der Waals surface area contributed by atoms with E-state index < -0.39 is 0 Å². The van der Waals surface area contributed by atoms with Crippen LogP contribution in [0.5, 0.6) is 0 Å². The summed E-state index contributed by atoms with van der Waals surface area (Å²) in [6.45, 7) is 8.91. The maximum absolute atomic E-state index is 5.27. The Balaban J connectivity index is 1.57. The van der Waals surface area contributed by atoms with Gasteiger partial charge in [-0.1, -0.05) is 33.1 Å². The summed E-state index contributed by atoms with van der Waals surface area (Å²) < 4.78 is 5.27. The van der Waals surface area contributed by atoms with Gasteiger partial charge in [0.05, 0.1) is 13.2 Å². The summed E-state index contributed by atoms with van der Waals surface area (Å²) in [5.74, 6) is 1.96. The van der Waals surface area contributed by atoms with Crippen molar-refractivity contribution in [3.05, 3.63) is 0 Å². The molecule has 2 fully saturated rings. The van der Waals surface area contributed by atoms with Gasteiger partial charge in [-0.2, -0.15) is 0 Å². The van der Waals surface area contributed by atoms with Crippen molar-refractivity contribution < 1.29 is 4.74 Å². The predicted octanol–water partition coefficient (Wildman–Crippen LogP) is 2.83. The average Bonchev–Trinajstić information content (AvgIpc) is 2.28. The van der Waals surface area contributed by atoms with E-state index in [4.69, 9.17) is 4.74 Å². The van der Waals surface area contributed by atoms with Gasteiger partial charge in [0.2, 0.25) is 0 Å². The molecule has 0 radical (unpaired) electrons. The van der Waals surface area contributed by atoms with Gasteiger partial charge >= 0.3 is 0 Å². The molecule has 1 N–H and O–H groups in total. The van der Waals surface area contributed by atoms with Crippen molar-refractivity contribution in [3.8, 4) is 0 Å².